The molecule has 102 valence electrons. The Balaban J connectivity index is 1.81. The molecule has 3 rings (SSSR count). The van der Waals surface area contributed by atoms with Gasteiger partial charge in [-0.25, -0.2) is 4.98 Å². The maximum absolute atomic E-state index is 12.4. The van der Waals surface area contributed by atoms with Gasteiger partial charge in [-0.3, -0.25) is 4.79 Å². The molecule has 2 heterocycles. The fourth-order valence-corrected chi connectivity index (χ4v) is 2.84. The van der Waals surface area contributed by atoms with Gasteiger partial charge < -0.3 is 10.6 Å². The predicted molar refractivity (Wildman–Crippen MR) is 83.0 cm³/mol. The van der Waals surface area contributed by atoms with Gasteiger partial charge >= 0.3 is 0 Å². The van der Waals surface area contributed by atoms with Crippen molar-refractivity contribution in [3.8, 4) is 0 Å². The molecule has 0 fully saturated rings. The van der Waals surface area contributed by atoms with Gasteiger partial charge in [0.05, 0.1) is 5.92 Å². The number of anilines is 2. The summed E-state index contributed by atoms with van der Waals surface area (Å²) < 4.78 is 0.904. The molecular weight excluding hydrogens is 318 g/mol. The van der Waals surface area contributed by atoms with Crippen LogP contribution in [-0.4, -0.2) is 17.4 Å². The second-order valence-electron chi connectivity index (χ2n) is 4.83. The van der Waals surface area contributed by atoms with E-state index in [9.17, 15) is 4.79 Å². The van der Waals surface area contributed by atoms with Crippen molar-refractivity contribution in [2.75, 3.05) is 17.2 Å². The van der Waals surface area contributed by atoms with Crippen molar-refractivity contribution in [1.29, 1.82) is 0 Å². The van der Waals surface area contributed by atoms with Gasteiger partial charge in [0, 0.05) is 22.9 Å². The molecule has 1 unspecified atom stereocenters. The average Bonchev–Trinajstić information content (AvgIpc) is 2.86. The summed E-state index contributed by atoms with van der Waals surface area (Å²) in [4.78, 5) is 16.7. The van der Waals surface area contributed by atoms with E-state index in [0.717, 1.165) is 21.3 Å². The second kappa shape index (κ2) is 5.25. The molecule has 0 radical (unpaired) electrons. The summed E-state index contributed by atoms with van der Waals surface area (Å²) >= 11 is 3.36. The first-order chi connectivity index (χ1) is 9.65. The molecule has 4 nitrogen and oxygen atoms in total. The Kier molecular flexibility index (Phi) is 3.44. The van der Waals surface area contributed by atoms with Crippen molar-refractivity contribution in [3.63, 3.8) is 0 Å². The molecule has 0 bridgehead atoms. The molecule has 5 heteroatoms. The molecule has 0 aliphatic carbocycles. The first kappa shape index (κ1) is 13.1. The second-order valence-corrected chi connectivity index (χ2v) is 5.74. The Morgan fingerprint density at radius 1 is 1.45 bits per heavy atom. The number of aromatic nitrogens is 1. The van der Waals surface area contributed by atoms with Crippen LogP contribution in [0.5, 0.6) is 0 Å². The van der Waals surface area contributed by atoms with Crippen LogP contribution in [0.1, 0.15) is 17.0 Å². The zero-order valence-corrected chi connectivity index (χ0v) is 12.6. The largest absolute Gasteiger partial charge is 0.384 e. The maximum atomic E-state index is 12.4. The minimum absolute atomic E-state index is 0.0274. The Morgan fingerprint density at radius 3 is 3.05 bits per heavy atom. The number of carbonyl (C=O) groups is 1. The lowest BCUT2D eigenvalue weighted by atomic mass is 10.0. The van der Waals surface area contributed by atoms with E-state index < -0.39 is 0 Å². The number of amides is 1. The molecule has 1 amide bonds. The third kappa shape index (κ3) is 2.41. The third-order valence-corrected chi connectivity index (χ3v) is 3.87. The van der Waals surface area contributed by atoms with Crippen LogP contribution in [0.4, 0.5) is 11.5 Å². The van der Waals surface area contributed by atoms with Crippen LogP contribution >= 0.6 is 15.9 Å². The summed E-state index contributed by atoms with van der Waals surface area (Å²) in [5.74, 6) is 0.416. The number of carbonyl (C=O) groups excluding carboxylic acids is 1. The summed E-state index contributed by atoms with van der Waals surface area (Å²) in [7, 11) is 0. The fraction of sp³-hybridized carbons (Fsp3) is 0.200. The fourth-order valence-electron chi connectivity index (χ4n) is 2.39. The standard InChI is InChI=1S/C15H14BrN3O/c1-9-6-10(16)7-18-14(9)19-15(20)12-8-17-13-5-3-2-4-11(12)13/h2-7,12,17H,8H2,1H3,(H,18,19,20). The summed E-state index contributed by atoms with van der Waals surface area (Å²) in [5, 5.41) is 6.16. The van der Waals surface area contributed by atoms with Gasteiger partial charge in [0.25, 0.3) is 0 Å². The molecular formula is C15H14BrN3O. The SMILES string of the molecule is Cc1cc(Br)cnc1NC(=O)C1CNc2ccccc21. The number of para-hydroxylation sites is 1. The molecule has 1 aromatic carbocycles. The first-order valence-electron chi connectivity index (χ1n) is 6.41. The molecule has 1 aromatic heterocycles. The topological polar surface area (TPSA) is 54.0 Å². The minimum Gasteiger partial charge on any atom is -0.384 e. The van der Waals surface area contributed by atoms with E-state index in [1.165, 1.54) is 0 Å². The molecule has 0 spiro atoms. The van der Waals surface area contributed by atoms with Crippen LogP contribution in [0.15, 0.2) is 41.0 Å². The van der Waals surface area contributed by atoms with Gasteiger partial charge in [0.2, 0.25) is 5.91 Å². The van der Waals surface area contributed by atoms with E-state index in [0.29, 0.717) is 12.4 Å². The van der Waals surface area contributed by atoms with Crippen LogP contribution in [0.2, 0.25) is 0 Å². The number of fused-ring (bicyclic) bond motifs is 1. The lowest BCUT2D eigenvalue weighted by Gasteiger charge is -2.12. The van der Waals surface area contributed by atoms with Crippen molar-refractivity contribution < 1.29 is 4.79 Å². The number of pyridine rings is 1. The number of nitrogens with zero attached hydrogens (tertiary/aromatic N) is 1. The van der Waals surface area contributed by atoms with Crippen LogP contribution < -0.4 is 10.6 Å². The van der Waals surface area contributed by atoms with Gasteiger partial charge in [0.1, 0.15) is 5.82 Å². The lowest BCUT2D eigenvalue weighted by molar-refractivity contribution is -0.117. The molecule has 1 aliphatic rings. The van der Waals surface area contributed by atoms with Crippen LogP contribution in [-0.2, 0) is 4.79 Å². The zero-order valence-electron chi connectivity index (χ0n) is 11.0. The Morgan fingerprint density at radius 2 is 2.25 bits per heavy atom. The number of hydrogen-bond donors (Lipinski definition) is 2. The van der Waals surface area contributed by atoms with Gasteiger partial charge in [0.15, 0.2) is 0 Å². The van der Waals surface area contributed by atoms with E-state index in [-0.39, 0.29) is 11.8 Å². The van der Waals surface area contributed by atoms with Crippen molar-refractivity contribution in [2.45, 2.75) is 12.8 Å². The van der Waals surface area contributed by atoms with Crippen LogP contribution in [0.3, 0.4) is 0 Å². The predicted octanol–water partition coefficient (Wildman–Crippen LogP) is 3.30. The molecule has 1 atom stereocenters. The normalized spacial score (nSPS) is 16.4. The van der Waals surface area contributed by atoms with Crippen molar-refractivity contribution in [1.82, 2.24) is 4.98 Å². The Labute approximate surface area is 125 Å². The quantitative estimate of drug-likeness (QED) is 0.887. The lowest BCUT2D eigenvalue weighted by Crippen LogP contribution is -2.23. The number of benzene rings is 1. The summed E-state index contributed by atoms with van der Waals surface area (Å²) in [5.41, 5.74) is 3.01. The highest BCUT2D eigenvalue weighted by Gasteiger charge is 2.28. The highest BCUT2D eigenvalue weighted by atomic mass is 79.9. The van der Waals surface area contributed by atoms with Crippen LogP contribution in [0.25, 0.3) is 0 Å². The molecule has 0 saturated carbocycles. The molecule has 1 aliphatic heterocycles. The van der Waals surface area contributed by atoms with Crippen LogP contribution in [0, 0.1) is 6.92 Å². The van der Waals surface area contributed by atoms with E-state index in [1.54, 1.807) is 6.20 Å². The number of hydrogen-bond acceptors (Lipinski definition) is 3. The monoisotopic (exact) mass is 331 g/mol. The van der Waals surface area contributed by atoms with Gasteiger partial charge in [-0.15, -0.1) is 0 Å². The summed E-state index contributed by atoms with van der Waals surface area (Å²) in [6.07, 6.45) is 1.68. The smallest absolute Gasteiger partial charge is 0.234 e. The molecule has 2 aromatic rings. The zero-order chi connectivity index (χ0) is 14.1. The van der Waals surface area contributed by atoms with Gasteiger partial charge in [-0.05, 0) is 46.1 Å². The molecule has 20 heavy (non-hydrogen) atoms. The van der Waals surface area contributed by atoms with E-state index in [1.807, 2.05) is 37.3 Å². The minimum atomic E-state index is -0.170. The molecule has 0 saturated heterocycles. The number of aryl methyl sites for hydroxylation is 1. The molecule has 2 N–H and O–H groups in total. The summed E-state index contributed by atoms with van der Waals surface area (Å²) in [6, 6.07) is 9.83. The van der Waals surface area contributed by atoms with Crippen molar-refractivity contribution in [2.24, 2.45) is 0 Å². The van der Waals surface area contributed by atoms with E-state index in [4.69, 9.17) is 0 Å². The number of halogens is 1. The highest BCUT2D eigenvalue weighted by Crippen LogP contribution is 2.32. The van der Waals surface area contributed by atoms with E-state index >= 15 is 0 Å². The first-order valence-corrected chi connectivity index (χ1v) is 7.20. The Hall–Kier alpha value is -1.88. The number of nitrogens with one attached hydrogen (secondary N) is 2. The highest BCUT2D eigenvalue weighted by molar-refractivity contribution is 9.10. The maximum Gasteiger partial charge on any atom is 0.234 e. The van der Waals surface area contributed by atoms with Crippen molar-refractivity contribution in [3.05, 3.63) is 52.1 Å². The van der Waals surface area contributed by atoms with Gasteiger partial charge in [-0.2, -0.15) is 0 Å². The van der Waals surface area contributed by atoms with Crippen molar-refractivity contribution >= 4 is 33.3 Å². The van der Waals surface area contributed by atoms with E-state index in [2.05, 4.69) is 31.5 Å². The number of rotatable bonds is 2. The average molecular weight is 332 g/mol. The van der Waals surface area contributed by atoms with Gasteiger partial charge in [-0.1, -0.05) is 18.2 Å². The third-order valence-electron chi connectivity index (χ3n) is 3.44. The Bertz CT molecular complexity index is 672. The summed E-state index contributed by atoms with van der Waals surface area (Å²) in [6.45, 7) is 2.55.